The first-order chi connectivity index (χ1) is 8.88. The van der Waals surface area contributed by atoms with Crippen LogP contribution in [0.4, 0.5) is 0 Å². The predicted molar refractivity (Wildman–Crippen MR) is 68.2 cm³/mol. The van der Waals surface area contributed by atoms with Gasteiger partial charge < -0.3 is 15.1 Å². The maximum absolute atomic E-state index is 11.8. The highest BCUT2D eigenvalue weighted by Gasteiger charge is 2.22. The lowest BCUT2D eigenvalue weighted by Gasteiger charge is -2.10. The first-order valence-electron chi connectivity index (χ1n) is 6.03. The van der Waals surface area contributed by atoms with Gasteiger partial charge in [-0.3, -0.25) is 4.79 Å². The monoisotopic (exact) mass is 287 g/mol. The molecule has 0 spiro atoms. The van der Waals surface area contributed by atoms with Crippen molar-refractivity contribution in [2.45, 2.75) is 30.7 Å². The van der Waals surface area contributed by atoms with Crippen LogP contribution < -0.4 is 15.8 Å². The Hall–Kier alpha value is -1.38. The molecule has 1 unspecified atom stereocenters. The number of hydrogen-bond donors (Lipinski definition) is 3. The molecule has 1 atom stereocenters. The number of furan rings is 1. The summed E-state index contributed by atoms with van der Waals surface area (Å²) in [6.45, 7) is 2.90. The molecule has 0 radical (unpaired) electrons. The Morgan fingerprint density at radius 1 is 1.63 bits per heavy atom. The second-order valence-electron chi connectivity index (χ2n) is 4.58. The number of nitrogens with one attached hydrogen (secondary N) is 2. The molecule has 1 aromatic heterocycles. The Bertz CT molecular complexity index is 573. The highest BCUT2D eigenvalue weighted by atomic mass is 32.2. The molecular formula is C11H17N3O4S. The molecule has 0 aliphatic carbocycles. The van der Waals surface area contributed by atoms with Crippen molar-refractivity contribution < 1.29 is 17.6 Å². The third-order valence-corrected chi connectivity index (χ3v) is 4.09. The van der Waals surface area contributed by atoms with Crippen molar-refractivity contribution in [3.8, 4) is 0 Å². The summed E-state index contributed by atoms with van der Waals surface area (Å²) in [4.78, 5) is 11.7. The minimum absolute atomic E-state index is 0.0421. The quantitative estimate of drug-likeness (QED) is 0.704. The molecule has 1 fully saturated rings. The third-order valence-electron chi connectivity index (χ3n) is 3.07. The summed E-state index contributed by atoms with van der Waals surface area (Å²) < 4.78 is 27.6. The molecule has 1 aromatic rings. The molecule has 8 heteroatoms. The van der Waals surface area contributed by atoms with Gasteiger partial charge in [-0.15, -0.1) is 0 Å². The summed E-state index contributed by atoms with van der Waals surface area (Å²) in [6, 6.07) is 1.42. The van der Waals surface area contributed by atoms with Gasteiger partial charge in [0, 0.05) is 18.7 Å². The summed E-state index contributed by atoms with van der Waals surface area (Å²) in [6.07, 6.45) is 2.11. The van der Waals surface area contributed by atoms with E-state index in [9.17, 15) is 13.2 Å². The van der Waals surface area contributed by atoms with E-state index in [2.05, 4.69) is 10.6 Å². The first-order valence-corrected chi connectivity index (χ1v) is 7.57. The highest BCUT2D eigenvalue weighted by Crippen LogP contribution is 2.18. The van der Waals surface area contributed by atoms with Gasteiger partial charge in [0.25, 0.3) is 5.91 Å². The minimum atomic E-state index is -3.86. The molecule has 1 amide bonds. The summed E-state index contributed by atoms with van der Waals surface area (Å²) in [7, 11) is -3.86. The van der Waals surface area contributed by atoms with Gasteiger partial charge in [0.15, 0.2) is 5.76 Å². The molecule has 0 bridgehead atoms. The molecule has 1 aliphatic heterocycles. The molecular weight excluding hydrogens is 270 g/mol. The van der Waals surface area contributed by atoms with Crippen molar-refractivity contribution in [2.75, 3.05) is 13.1 Å². The number of primary sulfonamides is 1. The van der Waals surface area contributed by atoms with Gasteiger partial charge in [-0.2, -0.15) is 0 Å². The molecule has 19 heavy (non-hydrogen) atoms. The molecule has 0 saturated carbocycles. The fourth-order valence-corrected chi connectivity index (χ4v) is 2.81. The van der Waals surface area contributed by atoms with Gasteiger partial charge in [-0.05, 0) is 26.3 Å². The highest BCUT2D eigenvalue weighted by molar-refractivity contribution is 7.89. The average Bonchev–Trinajstić information content (AvgIpc) is 2.93. The van der Waals surface area contributed by atoms with E-state index in [1.54, 1.807) is 0 Å². The van der Waals surface area contributed by atoms with E-state index in [0.717, 1.165) is 25.5 Å². The van der Waals surface area contributed by atoms with E-state index >= 15 is 0 Å². The number of amides is 1. The summed E-state index contributed by atoms with van der Waals surface area (Å²) in [5, 5.41) is 11.0. The molecule has 0 aromatic carbocycles. The van der Waals surface area contributed by atoms with E-state index in [4.69, 9.17) is 9.56 Å². The molecule has 106 valence electrons. The van der Waals surface area contributed by atoms with Crippen molar-refractivity contribution in [3.05, 3.63) is 17.6 Å². The Morgan fingerprint density at radius 2 is 2.37 bits per heavy atom. The van der Waals surface area contributed by atoms with Crippen LogP contribution in [0.25, 0.3) is 0 Å². The second-order valence-corrected chi connectivity index (χ2v) is 6.11. The van der Waals surface area contributed by atoms with Gasteiger partial charge in [0.1, 0.15) is 10.7 Å². The van der Waals surface area contributed by atoms with Gasteiger partial charge in [0.2, 0.25) is 10.0 Å². The summed E-state index contributed by atoms with van der Waals surface area (Å²) in [5.74, 6) is -0.363. The van der Waals surface area contributed by atoms with Crippen molar-refractivity contribution in [3.63, 3.8) is 0 Å². The van der Waals surface area contributed by atoms with Crippen LogP contribution in [-0.4, -0.2) is 33.5 Å². The zero-order valence-electron chi connectivity index (χ0n) is 10.6. The van der Waals surface area contributed by atoms with Crippen LogP contribution in [-0.2, 0) is 10.0 Å². The largest absolute Gasteiger partial charge is 0.455 e. The van der Waals surface area contributed by atoms with E-state index in [0.29, 0.717) is 6.54 Å². The third kappa shape index (κ3) is 3.34. The van der Waals surface area contributed by atoms with Crippen molar-refractivity contribution in [2.24, 2.45) is 5.14 Å². The lowest BCUT2D eigenvalue weighted by atomic mass is 10.2. The van der Waals surface area contributed by atoms with Crippen molar-refractivity contribution in [1.82, 2.24) is 10.6 Å². The number of carbonyl (C=O) groups excluding carboxylic acids is 1. The summed E-state index contributed by atoms with van der Waals surface area (Å²) in [5.41, 5.74) is 0. The average molecular weight is 287 g/mol. The number of sulfonamides is 1. The predicted octanol–water partition coefficient (Wildman–Crippen LogP) is -0.283. The number of nitrogens with two attached hydrogens (primary N) is 1. The van der Waals surface area contributed by atoms with Gasteiger partial charge in [-0.1, -0.05) is 0 Å². The zero-order chi connectivity index (χ0) is 14.0. The molecule has 2 rings (SSSR count). The van der Waals surface area contributed by atoms with Gasteiger partial charge in [0.05, 0.1) is 0 Å². The first kappa shape index (κ1) is 14.0. The van der Waals surface area contributed by atoms with E-state index in [-0.39, 0.29) is 22.5 Å². The standard InChI is InChI=1S/C11H17N3O4S/c1-7-10(19(12,16)17)5-9(18-7)11(15)14-6-8-3-2-4-13-8/h5,8,13H,2-4,6H2,1H3,(H,14,15)(H2,12,16,17). The lowest BCUT2D eigenvalue weighted by molar-refractivity contribution is 0.0921. The molecule has 4 N–H and O–H groups in total. The number of hydrogen-bond acceptors (Lipinski definition) is 5. The topological polar surface area (TPSA) is 114 Å². The zero-order valence-corrected chi connectivity index (χ0v) is 11.4. The normalized spacial score (nSPS) is 19.6. The van der Waals surface area contributed by atoms with Crippen molar-refractivity contribution >= 4 is 15.9 Å². The van der Waals surface area contributed by atoms with Gasteiger partial charge in [-0.25, -0.2) is 13.6 Å². The molecule has 1 aliphatic rings. The SMILES string of the molecule is Cc1oc(C(=O)NCC2CCCN2)cc1S(N)(=O)=O. The molecule has 2 heterocycles. The van der Waals surface area contributed by atoms with Crippen LogP contribution in [0.15, 0.2) is 15.4 Å². The molecule has 7 nitrogen and oxygen atoms in total. The Balaban J connectivity index is 2.03. The van der Waals surface area contributed by atoms with Crippen LogP contribution in [0.2, 0.25) is 0 Å². The van der Waals surface area contributed by atoms with E-state index in [1.807, 2.05) is 0 Å². The van der Waals surface area contributed by atoms with E-state index < -0.39 is 15.9 Å². The number of rotatable bonds is 4. The molecule has 1 saturated heterocycles. The van der Waals surface area contributed by atoms with Crippen LogP contribution >= 0.6 is 0 Å². The Kier molecular flexibility index (Phi) is 3.93. The maximum atomic E-state index is 11.8. The second kappa shape index (κ2) is 5.32. The lowest BCUT2D eigenvalue weighted by Crippen LogP contribution is -2.37. The Morgan fingerprint density at radius 3 is 2.89 bits per heavy atom. The van der Waals surface area contributed by atoms with Gasteiger partial charge >= 0.3 is 0 Å². The minimum Gasteiger partial charge on any atom is -0.455 e. The van der Waals surface area contributed by atoms with Crippen LogP contribution in [0.5, 0.6) is 0 Å². The van der Waals surface area contributed by atoms with E-state index in [1.165, 1.54) is 6.92 Å². The number of aryl methyl sites for hydroxylation is 1. The van der Waals surface area contributed by atoms with Crippen LogP contribution in [0, 0.1) is 6.92 Å². The van der Waals surface area contributed by atoms with Crippen LogP contribution in [0.3, 0.4) is 0 Å². The fraction of sp³-hybridized carbons (Fsp3) is 0.545. The smallest absolute Gasteiger partial charge is 0.287 e. The summed E-state index contributed by atoms with van der Waals surface area (Å²) >= 11 is 0. The maximum Gasteiger partial charge on any atom is 0.287 e. The number of carbonyl (C=O) groups is 1. The van der Waals surface area contributed by atoms with Crippen molar-refractivity contribution in [1.29, 1.82) is 0 Å². The Labute approximate surface area is 111 Å². The fourth-order valence-electron chi connectivity index (χ4n) is 2.09. The van der Waals surface area contributed by atoms with Crippen LogP contribution in [0.1, 0.15) is 29.2 Å².